The summed E-state index contributed by atoms with van der Waals surface area (Å²) in [7, 11) is 1.62. The van der Waals surface area contributed by atoms with E-state index in [-0.39, 0.29) is 18.3 Å². The maximum absolute atomic E-state index is 9.42. The number of aliphatic hydroxyl groups excluding tert-OH is 1. The molecule has 66 valence electrons. The molecule has 1 heterocycles. The largest absolute Gasteiger partial charge is 0.390 e. The molecule has 0 aromatic carbocycles. The van der Waals surface area contributed by atoms with Crippen molar-refractivity contribution >= 4 is 0 Å². The summed E-state index contributed by atoms with van der Waals surface area (Å²) in [5, 5.41) is 9.42. The Kier molecular flexibility index (Phi) is 3.30. The lowest BCUT2D eigenvalue weighted by atomic mass is 9.99. The van der Waals surface area contributed by atoms with Gasteiger partial charge in [0.05, 0.1) is 12.7 Å². The zero-order valence-electron chi connectivity index (χ0n) is 7.12. The van der Waals surface area contributed by atoms with Crippen LogP contribution in [0.15, 0.2) is 0 Å². The Balaban J connectivity index is 2.42. The van der Waals surface area contributed by atoms with E-state index in [4.69, 9.17) is 9.47 Å². The molecule has 3 atom stereocenters. The summed E-state index contributed by atoms with van der Waals surface area (Å²) in [6, 6.07) is 0. The normalized spacial score (nSPS) is 37.9. The van der Waals surface area contributed by atoms with Crippen molar-refractivity contribution in [3.63, 3.8) is 0 Å². The molecular weight excluding hydrogens is 144 g/mol. The number of aliphatic hydroxyl groups is 1. The van der Waals surface area contributed by atoms with Gasteiger partial charge in [-0.2, -0.15) is 0 Å². The van der Waals surface area contributed by atoms with Gasteiger partial charge in [-0.3, -0.25) is 0 Å². The fourth-order valence-corrected chi connectivity index (χ4v) is 1.53. The molecule has 1 rings (SSSR count). The fourth-order valence-electron chi connectivity index (χ4n) is 1.53. The molecule has 0 bridgehead atoms. The van der Waals surface area contributed by atoms with Crippen molar-refractivity contribution in [3.05, 3.63) is 0 Å². The molecule has 0 aromatic rings. The maximum Gasteiger partial charge on any atom is 0.162 e. The second-order valence-electron chi connectivity index (χ2n) is 2.96. The van der Waals surface area contributed by atoms with E-state index >= 15 is 0 Å². The van der Waals surface area contributed by atoms with Gasteiger partial charge in [0.1, 0.15) is 0 Å². The lowest BCUT2D eigenvalue weighted by Crippen LogP contribution is -2.24. The minimum Gasteiger partial charge on any atom is -0.390 e. The molecule has 11 heavy (non-hydrogen) atoms. The Bertz CT molecular complexity index is 116. The second kappa shape index (κ2) is 4.04. The van der Waals surface area contributed by atoms with E-state index in [1.807, 2.05) is 0 Å². The van der Waals surface area contributed by atoms with Crippen LogP contribution in [0.1, 0.15) is 19.8 Å². The van der Waals surface area contributed by atoms with Crippen LogP contribution in [-0.2, 0) is 9.47 Å². The van der Waals surface area contributed by atoms with E-state index in [2.05, 4.69) is 6.92 Å². The van der Waals surface area contributed by atoms with Crippen molar-refractivity contribution in [1.29, 1.82) is 0 Å². The molecule has 3 heteroatoms. The predicted octanol–water partition coefficient (Wildman–Crippen LogP) is 0.766. The SMILES string of the molecule is CCC[C@@H]1[C@H](OC)OC[C@@H]1O. The third kappa shape index (κ3) is 1.92. The highest BCUT2D eigenvalue weighted by Gasteiger charge is 2.35. The van der Waals surface area contributed by atoms with Crippen LogP contribution >= 0.6 is 0 Å². The molecule has 3 nitrogen and oxygen atoms in total. The third-order valence-corrected chi connectivity index (χ3v) is 2.13. The van der Waals surface area contributed by atoms with E-state index in [1.54, 1.807) is 7.11 Å². The van der Waals surface area contributed by atoms with Crippen molar-refractivity contribution in [2.45, 2.75) is 32.2 Å². The molecule has 1 fully saturated rings. The summed E-state index contributed by atoms with van der Waals surface area (Å²) < 4.78 is 10.3. The summed E-state index contributed by atoms with van der Waals surface area (Å²) in [5.74, 6) is 0.171. The van der Waals surface area contributed by atoms with Gasteiger partial charge in [0.2, 0.25) is 0 Å². The van der Waals surface area contributed by atoms with Crippen molar-refractivity contribution in [2.75, 3.05) is 13.7 Å². The Labute approximate surface area is 67.3 Å². The third-order valence-electron chi connectivity index (χ3n) is 2.13. The molecule has 0 radical (unpaired) electrons. The predicted molar refractivity (Wildman–Crippen MR) is 41.2 cm³/mol. The standard InChI is InChI=1S/C8H16O3/c1-3-4-6-7(9)5-11-8(6)10-2/h6-9H,3-5H2,1-2H3/t6-,7-,8+/m0/s1. The van der Waals surface area contributed by atoms with Gasteiger partial charge in [0, 0.05) is 13.0 Å². The Morgan fingerprint density at radius 2 is 2.36 bits per heavy atom. The van der Waals surface area contributed by atoms with Gasteiger partial charge in [-0.05, 0) is 6.42 Å². The van der Waals surface area contributed by atoms with E-state index < -0.39 is 0 Å². The molecule has 0 saturated carbocycles. The van der Waals surface area contributed by atoms with Crippen molar-refractivity contribution in [1.82, 2.24) is 0 Å². The molecular formula is C8H16O3. The number of rotatable bonds is 3. The van der Waals surface area contributed by atoms with Crippen molar-refractivity contribution in [2.24, 2.45) is 5.92 Å². The summed E-state index contributed by atoms with van der Waals surface area (Å²) >= 11 is 0. The Hall–Kier alpha value is -0.120. The van der Waals surface area contributed by atoms with E-state index in [0.717, 1.165) is 12.8 Å². The summed E-state index contributed by atoms with van der Waals surface area (Å²) in [4.78, 5) is 0. The zero-order valence-corrected chi connectivity index (χ0v) is 7.12. The Morgan fingerprint density at radius 1 is 1.64 bits per heavy atom. The van der Waals surface area contributed by atoms with E-state index in [9.17, 15) is 5.11 Å². The van der Waals surface area contributed by atoms with Crippen molar-refractivity contribution in [3.8, 4) is 0 Å². The molecule has 0 aromatic heterocycles. The van der Waals surface area contributed by atoms with Gasteiger partial charge in [-0.25, -0.2) is 0 Å². The lowest BCUT2D eigenvalue weighted by molar-refractivity contribution is -0.111. The molecule has 1 saturated heterocycles. The average molecular weight is 160 g/mol. The van der Waals surface area contributed by atoms with E-state index in [1.165, 1.54) is 0 Å². The lowest BCUT2D eigenvalue weighted by Gasteiger charge is -2.17. The quantitative estimate of drug-likeness (QED) is 0.662. The van der Waals surface area contributed by atoms with Crippen LogP contribution in [0.3, 0.4) is 0 Å². The molecule has 0 unspecified atom stereocenters. The fraction of sp³-hybridized carbons (Fsp3) is 1.00. The first kappa shape index (κ1) is 8.97. The highest BCUT2D eigenvalue weighted by molar-refractivity contribution is 4.77. The van der Waals surface area contributed by atoms with Crippen molar-refractivity contribution < 1.29 is 14.6 Å². The minimum absolute atomic E-state index is 0.171. The molecule has 1 N–H and O–H groups in total. The first-order valence-electron chi connectivity index (χ1n) is 4.12. The monoisotopic (exact) mass is 160 g/mol. The summed E-state index contributed by atoms with van der Waals surface area (Å²) in [6.07, 6.45) is 1.51. The molecule has 0 aliphatic carbocycles. The van der Waals surface area contributed by atoms with Crippen LogP contribution < -0.4 is 0 Å². The number of methoxy groups -OCH3 is 1. The molecule has 1 aliphatic heterocycles. The Morgan fingerprint density at radius 3 is 2.91 bits per heavy atom. The molecule has 1 aliphatic rings. The smallest absolute Gasteiger partial charge is 0.162 e. The van der Waals surface area contributed by atoms with Gasteiger partial charge in [0.25, 0.3) is 0 Å². The van der Waals surface area contributed by atoms with Gasteiger partial charge in [-0.15, -0.1) is 0 Å². The summed E-state index contributed by atoms with van der Waals surface area (Å²) in [6.45, 7) is 2.51. The van der Waals surface area contributed by atoms with E-state index in [0.29, 0.717) is 6.61 Å². The molecule has 0 amide bonds. The zero-order chi connectivity index (χ0) is 8.27. The van der Waals surface area contributed by atoms with Gasteiger partial charge >= 0.3 is 0 Å². The highest BCUT2D eigenvalue weighted by atomic mass is 16.7. The van der Waals surface area contributed by atoms with Crippen LogP contribution in [0.4, 0.5) is 0 Å². The summed E-state index contributed by atoms with van der Waals surface area (Å²) in [5.41, 5.74) is 0. The van der Waals surface area contributed by atoms with Gasteiger partial charge in [0.15, 0.2) is 6.29 Å². The van der Waals surface area contributed by atoms with Crippen LogP contribution in [0.2, 0.25) is 0 Å². The van der Waals surface area contributed by atoms with Crippen LogP contribution in [-0.4, -0.2) is 31.2 Å². The van der Waals surface area contributed by atoms with Crippen LogP contribution in [0, 0.1) is 5.92 Å². The van der Waals surface area contributed by atoms with Crippen LogP contribution in [0.5, 0.6) is 0 Å². The number of hydrogen-bond donors (Lipinski definition) is 1. The minimum atomic E-state index is -0.333. The first-order chi connectivity index (χ1) is 5.29. The number of hydrogen-bond acceptors (Lipinski definition) is 3. The maximum atomic E-state index is 9.42. The van der Waals surface area contributed by atoms with Gasteiger partial charge in [-0.1, -0.05) is 13.3 Å². The van der Waals surface area contributed by atoms with Crippen LogP contribution in [0.25, 0.3) is 0 Å². The first-order valence-corrected chi connectivity index (χ1v) is 4.12. The molecule has 0 spiro atoms. The highest BCUT2D eigenvalue weighted by Crippen LogP contribution is 2.25. The average Bonchev–Trinajstić information content (AvgIpc) is 2.34. The number of ether oxygens (including phenoxy) is 2. The topological polar surface area (TPSA) is 38.7 Å². The van der Waals surface area contributed by atoms with Gasteiger partial charge < -0.3 is 14.6 Å². The second-order valence-corrected chi connectivity index (χ2v) is 2.96.